The molecule has 110 valence electrons. The Morgan fingerprint density at radius 1 is 1.45 bits per heavy atom. The van der Waals surface area contributed by atoms with Gasteiger partial charge < -0.3 is 9.64 Å². The third-order valence-electron chi connectivity index (χ3n) is 3.27. The number of benzene rings is 1. The highest BCUT2D eigenvalue weighted by Crippen LogP contribution is 2.34. The number of methoxy groups -OCH3 is 1. The van der Waals surface area contributed by atoms with Crippen molar-refractivity contribution in [1.82, 2.24) is 0 Å². The number of aryl methyl sites for hydroxylation is 1. The maximum Gasteiger partial charge on any atom is 0.232 e. The van der Waals surface area contributed by atoms with E-state index in [1.807, 2.05) is 25.1 Å². The second-order valence-corrected chi connectivity index (χ2v) is 7.78. The molecule has 1 saturated heterocycles. The Bertz CT molecular complexity index is 629. The Balaban J connectivity index is 2.24. The summed E-state index contributed by atoms with van der Waals surface area (Å²) in [6.07, 6.45) is 0.184. The zero-order valence-electron chi connectivity index (χ0n) is 11.3. The molecule has 5 nitrogen and oxygen atoms in total. The number of hydrogen-bond acceptors (Lipinski definition) is 4. The van der Waals surface area contributed by atoms with Crippen LogP contribution in [0, 0.1) is 12.8 Å². The zero-order valence-corrected chi connectivity index (χ0v) is 12.9. The molecule has 1 aromatic carbocycles. The van der Waals surface area contributed by atoms with Crippen LogP contribution in [0.2, 0.25) is 0 Å². The minimum absolute atomic E-state index is 0.113. The molecule has 0 saturated carbocycles. The normalized spacial score (nSPS) is 19.4. The molecule has 2 rings (SSSR count). The van der Waals surface area contributed by atoms with Gasteiger partial charge in [0.2, 0.25) is 15.0 Å². The van der Waals surface area contributed by atoms with Gasteiger partial charge in [-0.1, -0.05) is 6.07 Å². The molecule has 0 aliphatic carbocycles. The number of carbonyl (C=O) groups is 1. The number of carbonyl (C=O) groups excluding carboxylic acids is 1. The van der Waals surface area contributed by atoms with Gasteiger partial charge in [-0.2, -0.15) is 0 Å². The van der Waals surface area contributed by atoms with Crippen LogP contribution in [0.15, 0.2) is 18.2 Å². The summed E-state index contributed by atoms with van der Waals surface area (Å²) < 4.78 is 27.5. The van der Waals surface area contributed by atoms with Crippen molar-refractivity contribution in [2.75, 3.05) is 24.3 Å². The van der Waals surface area contributed by atoms with Gasteiger partial charge in [0.05, 0.1) is 18.6 Å². The van der Waals surface area contributed by atoms with Crippen LogP contribution < -0.4 is 9.64 Å². The summed E-state index contributed by atoms with van der Waals surface area (Å²) in [6.45, 7) is 2.27. The first-order valence-electron chi connectivity index (χ1n) is 6.17. The van der Waals surface area contributed by atoms with Gasteiger partial charge in [-0.25, -0.2) is 8.42 Å². The Morgan fingerprint density at radius 2 is 2.15 bits per heavy atom. The van der Waals surface area contributed by atoms with Crippen molar-refractivity contribution in [3.8, 4) is 5.75 Å². The smallest absolute Gasteiger partial charge is 0.232 e. The summed E-state index contributed by atoms with van der Waals surface area (Å²) in [5.41, 5.74) is 1.69. The first-order valence-corrected chi connectivity index (χ1v) is 8.65. The van der Waals surface area contributed by atoms with Gasteiger partial charge in [-0.05, 0) is 24.6 Å². The first-order chi connectivity index (χ1) is 9.30. The largest absolute Gasteiger partial charge is 0.495 e. The fourth-order valence-electron chi connectivity index (χ4n) is 2.42. The molecule has 1 atom stereocenters. The predicted octanol–water partition coefficient (Wildman–Crippen LogP) is 1.93. The van der Waals surface area contributed by atoms with Crippen LogP contribution in [0.4, 0.5) is 5.69 Å². The van der Waals surface area contributed by atoms with Gasteiger partial charge in [0, 0.05) is 29.6 Å². The molecule has 1 unspecified atom stereocenters. The second-order valence-electron chi connectivity index (χ2n) is 4.96. The quantitative estimate of drug-likeness (QED) is 0.796. The van der Waals surface area contributed by atoms with E-state index in [2.05, 4.69) is 0 Å². The Kier molecular flexibility index (Phi) is 4.25. The number of amides is 1. The van der Waals surface area contributed by atoms with Crippen molar-refractivity contribution < 1.29 is 17.9 Å². The van der Waals surface area contributed by atoms with E-state index < -0.39 is 9.05 Å². The van der Waals surface area contributed by atoms with Gasteiger partial charge in [0.15, 0.2) is 0 Å². The minimum atomic E-state index is -3.60. The Morgan fingerprint density at radius 3 is 2.75 bits per heavy atom. The molecule has 0 radical (unpaired) electrons. The standard InChI is InChI=1S/C13H16ClNO4S/c1-9-3-4-11(12(5-9)19-2)15-7-10(6-13(15)16)8-20(14,17)18/h3-5,10H,6-8H2,1-2H3. The molecule has 7 heteroatoms. The van der Waals surface area contributed by atoms with Gasteiger partial charge in [0.1, 0.15) is 5.75 Å². The van der Waals surface area contributed by atoms with Crippen LogP contribution in [-0.2, 0) is 13.8 Å². The summed E-state index contributed by atoms with van der Waals surface area (Å²) in [6, 6.07) is 5.54. The minimum Gasteiger partial charge on any atom is -0.495 e. The molecule has 1 aliphatic heterocycles. The summed E-state index contributed by atoms with van der Waals surface area (Å²) in [5.74, 6) is 0.0199. The van der Waals surface area contributed by atoms with Gasteiger partial charge in [0.25, 0.3) is 0 Å². The number of hydrogen-bond donors (Lipinski definition) is 0. The van der Waals surface area contributed by atoms with E-state index in [0.717, 1.165) is 5.56 Å². The third-order valence-corrected chi connectivity index (χ3v) is 4.51. The Hall–Kier alpha value is -1.27. The van der Waals surface area contributed by atoms with Crippen LogP contribution in [0.5, 0.6) is 5.75 Å². The predicted molar refractivity (Wildman–Crippen MR) is 77.8 cm³/mol. The lowest BCUT2D eigenvalue weighted by Crippen LogP contribution is -2.25. The highest BCUT2D eigenvalue weighted by Gasteiger charge is 2.34. The van der Waals surface area contributed by atoms with E-state index in [1.54, 1.807) is 12.0 Å². The fraction of sp³-hybridized carbons (Fsp3) is 0.462. The Labute approximate surface area is 122 Å². The molecule has 0 N–H and O–H groups in total. The molecule has 1 heterocycles. The van der Waals surface area contributed by atoms with E-state index in [1.165, 1.54) is 0 Å². The fourth-order valence-corrected chi connectivity index (χ4v) is 3.74. The average Bonchev–Trinajstić information content (AvgIpc) is 2.67. The number of anilines is 1. The number of halogens is 1. The molecule has 1 fully saturated rings. The van der Waals surface area contributed by atoms with E-state index in [-0.39, 0.29) is 24.0 Å². The maximum absolute atomic E-state index is 12.1. The van der Waals surface area contributed by atoms with E-state index in [4.69, 9.17) is 15.4 Å². The highest BCUT2D eigenvalue weighted by molar-refractivity contribution is 8.13. The third kappa shape index (κ3) is 3.43. The average molecular weight is 318 g/mol. The van der Waals surface area contributed by atoms with Gasteiger partial charge in [-0.3, -0.25) is 4.79 Å². The van der Waals surface area contributed by atoms with Crippen LogP contribution in [-0.4, -0.2) is 33.7 Å². The number of rotatable bonds is 4. The molecule has 1 aliphatic rings. The maximum atomic E-state index is 12.1. The van der Waals surface area contributed by atoms with Crippen LogP contribution in [0.1, 0.15) is 12.0 Å². The SMILES string of the molecule is COc1cc(C)ccc1N1CC(CS(=O)(=O)Cl)CC1=O. The molecular weight excluding hydrogens is 302 g/mol. The molecule has 0 bridgehead atoms. The summed E-state index contributed by atoms with van der Waals surface area (Å²) in [5, 5.41) is 0. The van der Waals surface area contributed by atoms with Gasteiger partial charge >= 0.3 is 0 Å². The van der Waals surface area contributed by atoms with E-state index >= 15 is 0 Å². The van der Waals surface area contributed by atoms with Crippen molar-refractivity contribution in [2.24, 2.45) is 5.92 Å². The van der Waals surface area contributed by atoms with Gasteiger partial charge in [-0.15, -0.1) is 0 Å². The summed E-state index contributed by atoms with van der Waals surface area (Å²) in [7, 11) is 3.20. The van der Waals surface area contributed by atoms with Crippen LogP contribution >= 0.6 is 10.7 Å². The molecule has 0 spiro atoms. The zero-order chi connectivity index (χ0) is 14.9. The van der Waals surface area contributed by atoms with Crippen molar-refractivity contribution in [3.63, 3.8) is 0 Å². The number of ether oxygens (including phenoxy) is 1. The molecule has 20 heavy (non-hydrogen) atoms. The first kappa shape index (κ1) is 15.1. The number of nitrogens with zero attached hydrogens (tertiary/aromatic N) is 1. The summed E-state index contributed by atoms with van der Waals surface area (Å²) in [4.78, 5) is 13.6. The van der Waals surface area contributed by atoms with E-state index in [9.17, 15) is 13.2 Å². The van der Waals surface area contributed by atoms with Crippen LogP contribution in [0.3, 0.4) is 0 Å². The van der Waals surface area contributed by atoms with Crippen molar-refractivity contribution in [1.29, 1.82) is 0 Å². The van der Waals surface area contributed by atoms with Crippen molar-refractivity contribution in [3.05, 3.63) is 23.8 Å². The lowest BCUT2D eigenvalue weighted by molar-refractivity contribution is -0.117. The molecule has 1 aromatic rings. The topological polar surface area (TPSA) is 63.7 Å². The molecular formula is C13H16ClNO4S. The second kappa shape index (κ2) is 5.61. The van der Waals surface area contributed by atoms with Crippen LogP contribution in [0.25, 0.3) is 0 Å². The lowest BCUT2D eigenvalue weighted by Gasteiger charge is -2.20. The van der Waals surface area contributed by atoms with E-state index in [0.29, 0.717) is 18.0 Å². The lowest BCUT2D eigenvalue weighted by atomic mass is 10.1. The van der Waals surface area contributed by atoms with Crippen molar-refractivity contribution in [2.45, 2.75) is 13.3 Å². The summed E-state index contributed by atoms with van der Waals surface area (Å²) >= 11 is 0. The molecule has 0 aromatic heterocycles. The van der Waals surface area contributed by atoms with Crippen molar-refractivity contribution >= 4 is 31.3 Å². The monoisotopic (exact) mass is 317 g/mol. The highest BCUT2D eigenvalue weighted by atomic mass is 35.7. The molecule has 1 amide bonds.